The van der Waals surface area contributed by atoms with Crippen LogP contribution in [0.3, 0.4) is 0 Å². The summed E-state index contributed by atoms with van der Waals surface area (Å²) in [6.45, 7) is 7.03. The van der Waals surface area contributed by atoms with Gasteiger partial charge in [0.15, 0.2) is 0 Å². The van der Waals surface area contributed by atoms with Crippen molar-refractivity contribution in [2.45, 2.75) is 44.2 Å². The minimum Gasteiger partial charge on any atom is -0.378 e. The summed E-state index contributed by atoms with van der Waals surface area (Å²) in [7, 11) is 0. The van der Waals surface area contributed by atoms with Crippen LogP contribution in [0, 0.1) is 0 Å². The number of amides is 1. The molecule has 0 aromatic carbocycles. The third kappa shape index (κ3) is 3.51. The van der Waals surface area contributed by atoms with E-state index < -0.39 is 0 Å². The Morgan fingerprint density at radius 1 is 1.20 bits per heavy atom. The fourth-order valence-corrected chi connectivity index (χ4v) is 3.60. The van der Waals surface area contributed by atoms with Crippen LogP contribution in [0.2, 0.25) is 0 Å². The van der Waals surface area contributed by atoms with E-state index in [1.807, 2.05) is 4.90 Å². The zero-order chi connectivity index (χ0) is 13.8. The quantitative estimate of drug-likeness (QED) is 0.813. The first-order chi connectivity index (χ1) is 9.83. The van der Waals surface area contributed by atoms with E-state index in [9.17, 15) is 4.79 Å². The normalized spacial score (nSPS) is 31.9. The van der Waals surface area contributed by atoms with Gasteiger partial charge in [0.2, 0.25) is 5.91 Å². The molecule has 2 atom stereocenters. The van der Waals surface area contributed by atoms with E-state index in [-0.39, 0.29) is 0 Å². The zero-order valence-corrected chi connectivity index (χ0v) is 12.4. The van der Waals surface area contributed by atoms with Crippen LogP contribution in [0.4, 0.5) is 0 Å². The Balaban J connectivity index is 1.37. The summed E-state index contributed by atoms with van der Waals surface area (Å²) < 4.78 is 5.59. The Morgan fingerprint density at radius 3 is 2.70 bits per heavy atom. The van der Waals surface area contributed by atoms with Gasteiger partial charge in [-0.1, -0.05) is 0 Å². The van der Waals surface area contributed by atoms with Crippen molar-refractivity contribution in [2.75, 3.05) is 45.9 Å². The number of hydrogen-bond acceptors (Lipinski definition) is 4. The molecule has 20 heavy (non-hydrogen) atoms. The highest BCUT2D eigenvalue weighted by molar-refractivity contribution is 5.76. The number of carbonyl (C=O) groups excluding carboxylic acids is 1. The fraction of sp³-hybridized carbons (Fsp3) is 0.933. The lowest BCUT2D eigenvalue weighted by Gasteiger charge is -2.38. The van der Waals surface area contributed by atoms with Crippen LogP contribution in [-0.2, 0) is 9.53 Å². The number of nitrogens with zero attached hydrogens (tertiary/aromatic N) is 2. The summed E-state index contributed by atoms with van der Waals surface area (Å²) in [5.41, 5.74) is 0. The van der Waals surface area contributed by atoms with Crippen molar-refractivity contribution < 1.29 is 9.53 Å². The lowest BCUT2D eigenvalue weighted by atomic mass is 10.1. The molecule has 3 heterocycles. The van der Waals surface area contributed by atoms with Crippen molar-refractivity contribution in [3.63, 3.8) is 0 Å². The number of carbonyl (C=O) groups is 1. The van der Waals surface area contributed by atoms with E-state index in [1.165, 1.54) is 6.42 Å². The molecule has 5 heteroatoms. The van der Waals surface area contributed by atoms with Crippen LogP contribution in [0.5, 0.6) is 0 Å². The monoisotopic (exact) mass is 281 g/mol. The average molecular weight is 281 g/mol. The van der Waals surface area contributed by atoms with Crippen molar-refractivity contribution in [1.82, 2.24) is 15.1 Å². The van der Waals surface area contributed by atoms with Gasteiger partial charge < -0.3 is 15.0 Å². The third-order valence-electron chi connectivity index (χ3n) is 4.92. The molecule has 2 unspecified atom stereocenters. The molecule has 0 aliphatic carbocycles. The maximum atomic E-state index is 12.2. The summed E-state index contributed by atoms with van der Waals surface area (Å²) in [6.07, 6.45) is 5.46. The number of hydrogen-bond donors (Lipinski definition) is 1. The summed E-state index contributed by atoms with van der Waals surface area (Å²) in [5, 5.41) is 3.42. The van der Waals surface area contributed by atoms with Crippen molar-refractivity contribution in [3.05, 3.63) is 0 Å². The molecule has 0 spiro atoms. The molecule has 3 aliphatic rings. The van der Waals surface area contributed by atoms with Crippen LogP contribution < -0.4 is 5.32 Å². The van der Waals surface area contributed by atoms with Gasteiger partial charge in [0.1, 0.15) is 0 Å². The second-order valence-electron chi connectivity index (χ2n) is 6.24. The van der Waals surface area contributed by atoms with E-state index in [0.29, 0.717) is 24.5 Å². The second-order valence-corrected chi connectivity index (χ2v) is 6.24. The largest absolute Gasteiger partial charge is 0.378 e. The highest BCUT2D eigenvalue weighted by atomic mass is 16.5. The van der Waals surface area contributed by atoms with Crippen LogP contribution >= 0.6 is 0 Å². The number of piperazine rings is 1. The van der Waals surface area contributed by atoms with Crippen LogP contribution in [0.15, 0.2) is 0 Å². The van der Waals surface area contributed by atoms with Gasteiger partial charge in [-0.3, -0.25) is 9.69 Å². The molecule has 5 nitrogen and oxygen atoms in total. The molecule has 1 amide bonds. The van der Waals surface area contributed by atoms with Gasteiger partial charge in [-0.15, -0.1) is 0 Å². The predicted molar refractivity (Wildman–Crippen MR) is 77.6 cm³/mol. The van der Waals surface area contributed by atoms with Gasteiger partial charge in [-0.05, 0) is 32.2 Å². The maximum Gasteiger partial charge on any atom is 0.222 e. The Bertz CT molecular complexity index is 317. The van der Waals surface area contributed by atoms with Gasteiger partial charge in [-0.25, -0.2) is 0 Å². The van der Waals surface area contributed by atoms with Gasteiger partial charge in [0, 0.05) is 51.8 Å². The molecule has 3 rings (SSSR count). The first kappa shape index (κ1) is 14.3. The highest BCUT2D eigenvalue weighted by Crippen LogP contribution is 2.18. The minimum atomic E-state index is 0.324. The molecule has 3 saturated heterocycles. The Hall–Kier alpha value is -0.650. The Morgan fingerprint density at radius 2 is 2.05 bits per heavy atom. The first-order valence-corrected chi connectivity index (χ1v) is 8.17. The van der Waals surface area contributed by atoms with Gasteiger partial charge >= 0.3 is 0 Å². The number of nitrogens with one attached hydrogen (secondary N) is 1. The minimum absolute atomic E-state index is 0.324. The van der Waals surface area contributed by atoms with Crippen molar-refractivity contribution >= 4 is 5.91 Å². The fourth-order valence-electron chi connectivity index (χ4n) is 3.60. The number of ether oxygens (including phenoxy) is 1. The van der Waals surface area contributed by atoms with Crippen LogP contribution in [0.25, 0.3) is 0 Å². The van der Waals surface area contributed by atoms with Gasteiger partial charge in [0.25, 0.3) is 0 Å². The van der Waals surface area contributed by atoms with Crippen molar-refractivity contribution in [1.29, 1.82) is 0 Å². The summed E-state index contributed by atoms with van der Waals surface area (Å²) >= 11 is 0. The van der Waals surface area contributed by atoms with Crippen LogP contribution in [0.1, 0.15) is 32.1 Å². The van der Waals surface area contributed by atoms with Gasteiger partial charge in [0.05, 0.1) is 6.10 Å². The SMILES string of the molecule is O=C(CCC1CCCO1)N1CCN(C2CCNC2)CC1. The van der Waals surface area contributed by atoms with E-state index in [2.05, 4.69) is 10.2 Å². The van der Waals surface area contributed by atoms with Crippen molar-refractivity contribution in [2.24, 2.45) is 0 Å². The summed E-state index contributed by atoms with van der Waals surface area (Å²) in [6, 6.07) is 0.694. The van der Waals surface area contributed by atoms with E-state index in [1.54, 1.807) is 0 Å². The van der Waals surface area contributed by atoms with Crippen LogP contribution in [-0.4, -0.2) is 73.7 Å². The molecule has 0 aromatic rings. The highest BCUT2D eigenvalue weighted by Gasteiger charge is 2.28. The average Bonchev–Trinajstić information content (AvgIpc) is 3.18. The molecule has 3 fully saturated rings. The molecular weight excluding hydrogens is 254 g/mol. The molecule has 0 saturated carbocycles. The van der Waals surface area contributed by atoms with E-state index in [4.69, 9.17) is 4.74 Å². The lowest BCUT2D eigenvalue weighted by Crippen LogP contribution is -2.52. The Kier molecular flexibility index (Phi) is 4.91. The summed E-state index contributed by atoms with van der Waals surface area (Å²) in [5.74, 6) is 0.324. The lowest BCUT2D eigenvalue weighted by molar-refractivity contribution is -0.133. The van der Waals surface area contributed by atoms with E-state index in [0.717, 1.165) is 65.1 Å². The van der Waals surface area contributed by atoms with Crippen molar-refractivity contribution in [3.8, 4) is 0 Å². The third-order valence-corrected chi connectivity index (χ3v) is 4.92. The smallest absolute Gasteiger partial charge is 0.222 e. The molecule has 3 aliphatic heterocycles. The standard InChI is InChI=1S/C15H27N3O2/c19-15(4-3-14-2-1-11-20-14)18-9-7-17(8-10-18)13-5-6-16-12-13/h13-14,16H,1-12H2. The summed E-state index contributed by atoms with van der Waals surface area (Å²) in [4.78, 5) is 16.8. The molecule has 0 aromatic heterocycles. The predicted octanol–water partition coefficient (Wildman–Crippen LogP) is 0.452. The molecule has 1 N–H and O–H groups in total. The second kappa shape index (κ2) is 6.87. The number of rotatable bonds is 4. The topological polar surface area (TPSA) is 44.8 Å². The van der Waals surface area contributed by atoms with E-state index >= 15 is 0 Å². The molecule has 0 bridgehead atoms. The zero-order valence-electron chi connectivity index (χ0n) is 12.4. The molecule has 114 valence electrons. The van der Waals surface area contributed by atoms with Gasteiger partial charge in [-0.2, -0.15) is 0 Å². The molecule has 0 radical (unpaired) electrons. The maximum absolute atomic E-state index is 12.2. The molecular formula is C15H27N3O2. The Labute approximate surface area is 121 Å². The first-order valence-electron chi connectivity index (χ1n) is 8.17.